The molecule has 0 spiro atoms. The minimum absolute atomic E-state index is 0. The molecule has 11 atom stereocenters. The second-order valence-electron chi connectivity index (χ2n) is 15.7. The fourth-order valence-electron chi connectivity index (χ4n) is 11.0. The monoisotopic (exact) mass is 581 g/mol. The molecule has 6 aliphatic rings. The maximum Gasteiger partial charge on any atom is 0.329 e. The van der Waals surface area contributed by atoms with Crippen molar-refractivity contribution >= 4 is 6.03 Å². The number of nitrogens with zero attached hydrogens (tertiary/aromatic N) is 2. The predicted molar refractivity (Wildman–Crippen MR) is 173 cm³/mol. The first-order chi connectivity index (χ1) is 19.6. The molecule has 3 unspecified atom stereocenters. The van der Waals surface area contributed by atoms with Crippen molar-refractivity contribution in [3.8, 4) is 0 Å². The number of piperazine rings is 1. The first-order valence-electron chi connectivity index (χ1n) is 17.1. The van der Waals surface area contributed by atoms with E-state index in [0.29, 0.717) is 40.7 Å². The Labute approximate surface area is 256 Å². The molecule has 7 heteroatoms. The number of amides is 2. The lowest BCUT2D eigenvalue weighted by Crippen LogP contribution is -2.58. The smallest absolute Gasteiger partial charge is 0.329 e. The number of ether oxygens (including phenoxy) is 1. The number of rotatable bonds is 6. The minimum Gasteiger partial charge on any atom is -0.494 e. The molecule has 2 amide bonds. The number of carbonyl (C=O) groups is 1. The van der Waals surface area contributed by atoms with Crippen molar-refractivity contribution in [2.45, 2.75) is 104 Å². The van der Waals surface area contributed by atoms with Crippen molar-refractivity contribution in [1.29, 1.82) is 0 Å². The second kappa shape index (κ2) is 11.6. The molecule has 2 heterocycles. The van der Waals surface area contributed by atoms with Gasteiger partial charge in [0.05, 0.1) is 5.76 Å². The first-order valence-corrected chi connectivity index (χ1v) is 17.1. The number of hydrogen-bond acceptors (Lipinski definition) is 5. The third-order valence-electron chi connectivity index (χ3n) is 13.4. The zero-order valence-electron chi connectivity index (χ0n) is 26.5. The van der Waals surface area contributed by atoms with Gasteiger partial charge in [0.25, 0.3) is 0 Å². The highest BCUT2D eigenvalue weighted by molar-refractivity contribution is 5.73. The fourth-order valence-corrected chi connectivity index (χ4v) is 11.0. The molecule has 3 N–H and O–H groups in total. The molecular formula is C34H68N4O3. The lowest BCUT2D eigenvalue weighted by molar-refractivity contribution is -0.116. The summed E-state index contributed by atoms with van der Waals surface area (Å²) < 4.78 is 6.74. The summed E-state index contributed by atoms with van der Waals surface area (Å²) in [6.45, 7) is 13.9. The van der Waals surface area contributed by atoms with Crippen LogP contribution in [0.2, 0.25) is 0 Å². The molecule has 2 saturated heterocycles. The molecule has 0 radical (unpaired) electrons. The number of carbonyl (C=O) groups excluding carboxylic acids is 1. The Morgan fingerprint density at radius 2 is 1.85 bits per heavy atom. The Kier molecular flexibility index (Phi) is 8.45. The zero-order chi connectivity index (χ0) is 28.9. The van der Waals surface area contributed by atoms with Gasteiger partial charge in [0.2, 0.25) is 0 Å². The number of urea groups is 1. The molecule has 2 aliphatic heterocycles. The van der Waals surface area contributed by atoms with Crippen LogP contribution < -0.4 is 10.7 Å². The molecule has 6 fully saturated rings. The molecule has 0 aromatic heterocycles. The van der Waals surface area contributed by atoms with Gasteiger partial charge in [-0.1, -0.05) is 27.7 Å². The Morgan fingerprint density at radius 1 is 1.10 bits per heavy atom. The lowest BCUT2D eigenvalue weighted by Gasteiger charge is -2.61. The van der Waals surface area contributed by atoms with Gasteiger partial charge in [0.15, 0.2) is 0 Å². The van der Waals surface area contributed by atoms with E-state index in [-0.39, 0.29) is 19.8 Å². The highest BCUT2D eigenvalue weighted by Crippen LogP contribution is 2.70. The maximum atomic E-state index is 12.8. The zero-order valence-corrected chi connectivity index (χ0v) is 26.5. The second-order valence-corrected chi connectivity index (χ2v) is 15.7. The molecule has 0 aromatic carbocycles. The third-order valence-corrected chi connectivity index (χ3v) is 13.4. The molecule has 41 heavy (non-hydrogen) atoms. The average Bonchev–Trinajstić information content (AvgIpc) is 3.42. The van der Waals surface area contributed by atoms with Crippen molar-refractivity contribution in [1.82, 2.24) is 20.7 Å². The van der Waals surface area contributed by atoms with Crippen LogP contribution in [-0.2, 0) is 4.74 Å². The molecule has 0 aromatic rings. The van der Waals surface area contributed by atoms with E-state index in [4.69, 9.17) is 4.74 Å². The molecule has 4 aliphatic carbocycles. The van der Waals surface area contributed by atoms with Crippen LogP contribution in [0, 0.1) is 52.3 Å². The number of allylic oxidation sites excluding steroid dienone is 2. The number of fused-ring (bicyclic) bond motifs is 7. The summed E-state index contributed by atoms with van der Waals surface area (Å²) in [4.78, 5) is 15.1. The van der Waals surface area contributed by atoms with E-state index < -0.39 is 0 Å². The average molecular weight is 581 g/mol. The summed E-state index contributed by atoms with van der Waals surface area (Å²) in [5.74, 6) is 5.94. The molecule has 4 saturated carbocycles. The summed E-state index contributed by atoms with van der Waals surface area (Å²) in [5, 5.41) is 14.8. The van der Waals surface area contributed by atoms with Crippen LogP contribution in [0.3, 0.4) is 0 Å². The van der Waals surface area contributed by atoms with Gasteiger partial charge in [0, 0.05) is 57.8 Å². The topological polar surface area (TPSA) is 77.1 Å². The largest absolute Gasteiger partial charge is 0.494 e. The van der Waals surface area contributed by atoms with Crippen LogP contribution in [0.5, 0.6) is 0 Å². The van der Waals surface area contributed by atoms with Crippen molar-refractivity contribution in [3.05, 3.63) is 11.8 Å². The van der Waals surface area contributed by atoms with Crippen LogP contribution in [0.4, 0.5) is 4.79 Å². The first kappa shape index (κ1) is 29.7. The number of hydrogen-bond donors (Lipinski definition) is 3. The fraction of sp³-hybridized carbons (Fsp3) is 0.912. The van der Waals surface area contributed by atoms with Crippen molar-refractivity contribution < 1.29 is 21.8 Å². The van der Waals surface area contributed by atoms with Gasteiger partial charge < -0.3 is 20.1 Å². The summed E-state index contributed by atoms with van der Waals surface area (Å²) in [5.41, 5.74) is 3.92. The van der Waals surface area contributed by atoms with Gasteiger partial charge in [-0.25, -0.2) is 9.80 Å². The van der Waals surface area contributed by atoms with E-state index in [2.05, 4.69) is 61.5 Å². The standard InChI is InChI=1S/C34H58N4O3.5H2/c1-22(21-39)7-6-8-29-23(2)31-30(41-29)20-28-26-10-9-24-19-25(35-32(40)36-38-17-15-37(5)16-18-38)11-13-33(24,3)27(26)12-14-34(28,31)4;;;;;/h8,22-28,30-31,39H,6-7,9-21H2,1-5H3,(H2,35,36,40);5*1H/b29-8-;;;;;/t22-,23+,24+,25-,26+,27?,28?,30-,31?,33-,34-;;;;;/m0...../s1. The quantitative estimate of drug-likeness (QED) is 0.328. The lowest BCUT2D eigenvalue weighted by atomic mass is 9.44. The predicted octanol–water partition coefficient (Wildman–Crippen LogP) is 6.64. The van der Waals surface area contributed by atoms with Gasteiger partial charge in [0.1, 0.15) is 6.10 Å². The highest BCUT2D eigenvalue weighted by Gasteiger charge is 2.65. The van der Waals surface area contributed by atoms with Gasteiger partial charge in [-0.3, -0.25) is 5.43 Å². The summed E-state index contributed by atoms with van der Waals surface area (Å²) in [7, 11) is 2.14. The van der Waals surface area contributed by atoms with Gasteiger partial charge in [-0.2, -0.15) is 0 Å². The normalized spacial score (nSPS) is 46.1. The van der Waals surface area contributed by atoms with Gasteiger partial charge in [-0.05, 0) is 118 Å². The summed E-state index contributed by atoms with van der Waals surface area (Å²) in [6.07, 6.45) is 14.9. The van der Waals surface area contributed by atoms with Crippen LogP contribution in [0.1, 0.15) is 99.0 Å². The molecule has 0 bridgehead atoms. The highest BCUT2D eigenvalue weighted by atomic mass is 16.5. The van der Waals surface area contributed by atoms with Crippen molar-refractivity contribution in [2.75, 3.05) is 39.8 Å². The van der Waals surface area contributed by atoms with Gasteiger partial charge in [-0.15, -0.1) is 0 Å². The van der Waals surface area contributed by atoms with Crippen molar-refractivity contribution in [2.24, 2.45) is 52.3 Å². The Bertz CT molecular complexity index is 1000. The Morgan fingerprint density at radius 3 is 2.61 bits per heavy atom. The van der Waals surface area contributed by atoms with Crippen molar-refractivity contribution in [3.63, 3.8) is 0 Å². The van der Waals surface area contributed by atoms with Crippen LogP contribution in [0.15, 0.2) is 11.8 Å². The number of aliphatic hydroxyl groups excluding tert-OH is 1. The third kappa shape index (κ3) is 5.46. The number of hydrazine groups is 1. The van der Waals surface area contributed by atoms with E-state index in [1.807, 2.05) is 0 Å². The molecule has 242 valence electrons. The van der Waals surface area contributed by atoms with Crippen LogP contribution in [-0.4, -0.2) is 73.0 Å². The maximum absolute atomic E-state index is 12.8. The van der Waals surface area contributed by atoms with E-state index in [1.54, 1.807) is 0 Å². The minimum atomic E-state index is -0.00628. The number of likely N-dealkylation sites (N-methyl/N-ethyl adjacent to an activating group) is 1. The summed E-state index contributed by atoms with van der Waals surface area (Å²) >= 11 is 0. The SMILES string of the molecule is C[C@H](CO)CC/C=C1\O[C@H]2CC3[C@@H]4CC[C@@H]5C[C@@H](NC(=O)NN6CCN(C)CC6)CC[C@]5(C)C4CC[C@]3(C)C2[C@@H]1C.[HH].[HH].[HH].[HH].[HH]. The number of nitrogens with one attached hydrogen (secondary N) is 2. The Hall–Kier alpha value is -1.31. The summed E-state index contributed by atoms with van der Waals surface area (Å²) in [6, 6.07) is 0.296. The van der Waals surface area contributed by atoms with E-state index in [9.17, 15) is 9.90 Å². The van der Waals surface area contributed by atoms with E-state index in [0.717, 1.165) is 75.5 Å². The number of aliphatic hydroxyl groups is 1. The van der Waals surface area contributed by atoms with Crippen LogP contribution >= 0.6 is 0 Å². The van der Waals surface area contributed by atoms with Crippen LogP contribution in [0.25, 0.3) is 0 Å². The van der Waals surface area contributed by atoms with E-state index >= 15 is 0 Å². The van der Waals surface area contributed by atoms with Gasteiger partial charge >= 0.3 is 6.03 Å². The Balaban J connectivity index is 0.00000212. The molecule has 7 nitrogen and oxygen atoms in total. The molecule has 6 rings (SSSR count). The molecular weight excluding hydrogens is 512 g/mol. The van der Waals surface area contributed by atoms with E-state index in [1.165, 1.54) is 44.3 Å².